The molecule has 2 aromatic rings. The number of anilines is 2. The van der Waals surface area contributed by atoms with E-state index in [0.29, 0.717) is 16.5 Å². The molecule has 0 saturated heterocycles. The second-order valence-corrected chi connectivity index (χ2v) is 6.38. The maximum absolute atomic E-state index is 12.0. The Morgan fingerprint density at radius 3 is 2.56 bits per heavy atom. The Morgan fingerprint density at radius 1 is 1.32 bits per heavy atom. The molecule has 0 bridgehead atoms. The lowest BCUT2D eigenvalue weighted by atomic mass is 10.2. The van der Waals surface area contributed by atoms with E-state index in [-0.39, 0.29) is 17.5 Å². The summed E-state index contributed by atoms with van der Waals surface area (Å²) >= 11 is 1.27. The van der Waals surface area contributed by atoms with E-state index < -0.39 is 5.91 Å². The van der Waals surface area contributed by atoms with Crippen LogP contribution in [0.5, 0.6) is 0 Å². The van der Waals surface area contributed by atoms with E-state index in [1.807, 2.05) is 50.2 Å². The number of nitrogens with zero attached hydrogens (tertiary/aromatic N) is 3. The van der Waals surface area contributed by atoms with Gasteiger partial charge < -0.3 is 5.32 Å². The van der Waals surface area contributed by atoms with Crippen LogP contribution in [0.4, 0.5) is 10.8 Å². The van der Waals surface area contributed by atoms with Crippen molar-refractivity contribution in [3.8, 4) is 6.07 Å². The molecule has 1 N–H and O–H groups in total. The number of hydrogen-bond donors (Lipinski definition) is 1. The predicted octanol–water partition coefficient (Wildman–Crippen LogP) is 3.26. The number of carbonyl (C=O) groups is 2. The minimum Gasteiger partial charge on any atom is -0.349 e. The Morgan fingerprint density at radius 2 is 2.00 bits per heavy atom. The van der Waals surface area contributed by atoms with Gasteiger partial charge in [0.05, 0.1) is 11.4 Å². The highest BCUT2D eigenvalue weighted by molar-refractivity contribution is 7.14. The molecule has 0 spiro atoms. The summed E-state index contributed by atoms with van der Waals surface area (Å²) in [5.41, 5.74) is 1.13. The van der Waals surface area contributed by atoms with Crippen molar-refractivity contribution in [3.05, 3.63) is 47.0 Å². The van der Waals surface area contributed by atoms with E-state index in [4.69, 9.17) is 0 Å². The zero-order chi connectivity index (χ0) is 18.4. The van der Waals surface area contributed by atoms with Crippen LogP contribution in [0.1, 0.15) is 26.5 Å². The first kappa shape index (κ1) is 18.4. The summed E-state index contributed by atoms with van der Waals surface area (Å²) in [5, 5.41) is 14.0. The Labute approximate surface area is 150 Å². The van der Waals surface area contributed by atoms with Crippen molar-refractivity contribution in [2.75, 3.05) is 4.90 Å². The number of amides is 2. The summed E-state index contributed by atoms with van der Waals surface area (Å²) in [6, 6.07) is 11.0. The fourth-order valence-corrected chi connectivity index (χ4v) is 2.93. The Kier molecular flexibility index (Phi) is 6.03. The summed E-state index contributed by atoms with van der Waals surface area (Å²) in [4.78, 5) is 29.9. The van der Waals surface area contributed by atoms with E-state index in [1.54, 1.807) is 5.38 Å². The minimum absolute atomic E-state index is 0.0281. The monoisotopic (exact) mass is 354 g/mol. The number of nitrogens with one attached hydrogen (secondary N) is 1. The largest absolute Gasteiger partial charge is 0.349 e. The smallest absolute Gasteiger partial charge is 0.262 e. The second kappa shape index (κ2) is 8.22. The molecule has 0 radical (unpaired) electrons. The van der Waals surface area contributed by atoms with Crippen LogP contribution in [-0.4, -0.2) is 22.8 Å². The molecule has 6 nitrogen and oxygen atoms in total. The van der Waals surface area contributed by atoms with Gasteiger partial charge in [0.2, 0.25) is 5.91 Å². The minimum atomic E-state index is -0.446. The van der Waals surface area contributed by atoms with Gasteiger partial charge in [-0.2, -0.15) is 5.26 Å². The van der Waals surface area contributed by atoms with Crippen molar-refractivity contribution in [2.24, 2.45) is 0 Å². The van der Waals surface area contributed by atoms with Gasteiger partial charge in [-0.25, -0.2) is 4.98 Å². The number of rotatable bonds is 5. The van der Waals surface area contributed by atoms with Gasteiger partial charge in [-0.3, -0.25) is 14.5 Å². The van der Waals surface area contributed by atoms with Gasteiger partial charge in [-0.1, -0.05) is 18.2 Å². The molecule has 0 aliphatic heterocycles. The van der Waals surface area contributed by atoms with Gasteiger partial charge in [0.1, 0.15) is 11.6 Å². The molecular weight excluding hydrogens is 336 g/mol. The van der Waals surface area contributed by atoms with Crippen molar-refractivity contribution in [2.45, 2.75) is 26.8 Å². The molecule has 1 aromatic heterocycles. The number of carbonyl (C=O) groups excluding carboxylic acids is 2. The van der Waals surface area contributed by atoms with Crippen molar-refractivity contribution in [1.29, 1.82) is 5.26 Å². The summed E-state index contributed by atoms with van der Waals surface area (Å²) in [6.07, 6.45) is 1.42. The van der Waals surface area contributed by atoms with Crippen LogP contribution in [0.2, 0.25) is 0 Å². The van der Waals surface area contributed by atoms with Gasteiger partial charge >= 0.3 is 0 Å². The Bertz CT molecular complexity index is 834. The highest BCUT2D eigenvalue weighted by Crippen LogP contribution is 2.29. The van der Waals surface area contributed by atoms with Crippen molar-refractivity contribution < 1.29 is 9.59 Å². The van der Waals surface area contributed by atoms with E-state index in [1.165, 1.54) is 29.2 Å². The van der Waals surface area contributed by atoms with Gasteiger partial charge in [0, 0.05) is 18.3 Å². The highest BCUT2D eigenvalue weighted by Gasteiger charge is 2.18. The summed E-state index contributed by atoms with van der Waals surface area (Å²) in [7, 11) is 0. The van der Waals surface area contributed by atoms with Crippen LogP contribution >= 0.6 is 11.3 Å². The van der Waals surface area contributed by atoms with Crippen molar-refractivity contribution in [3.63, 3.8) is 0 Å². The SMILES string of the molecule is CC(=O)N(c1ccccc1)c1nc(/C=C(\C#N)C(=O)NC(C)C)cs1. The van der Waals surface area contributed by atoms with Crippen LogP contribution in [0.3, 0.4) is 0 Å². The summed E-state index contributed by atoms with van der Waals surface area (Å²) in [5.74, 6) is -0.618. The Balaban J connectivity index is 2.32. The molecule has 0 aliphatic rings. The molecular formula is C18H18N4O2S. The van der Waals surface area contributed by atoms with E-state index in [0.717, 1.165) is 0 Å². The molecule has 0 atom stereocenters. The fraction of sp³-hybridized carbons (Fsp3) is 0.222. The zero-order valence-electron chi connectivity index (χ0n) is 14.2. The summed E-state index contributed by atoms with van der Waals surface area (Å²) in [6.45, 7) is 5.09. The predicted molar refractivity (Wildman–Crippen MR) is 98.2 cm³/mol. The number of nitriles is 1. The van der Waals surface area contributed by atoms with Gasteiger partial charge in [-0.05, 0) is 32.1 Å². The van der Waals surface area contributed by atoms with Crippen molar-refractivity contribution >= 4 is 40.0 Å². The number of thiazole rings is 1. The zero-order valence-corrected chi connectivity index (χ0v) is 15.0. The standard InChI is InChI=1S/C18H18N4O2S/c1-12(2)20-17(24)14(10-19)9-15-11-25-18(21-15)22(13(3)23)16-7-5-4-6-8-16/h4-9,11-12H,1-3H3,(H,20,24)/b14-9+. The molecule has 2 rings (SSSR count). The topological polar surface area (TPSA) is 86.1 Å². The number of aromatic nitrogens is 1. The molecule has 2 amide bonds. The van der Waals surface area contributed by atoms with Crippen molar-refractivity contribution in [1.82, 2.24) is 10.3 Å². The number of para-hydroxylation sites is 1. The van der Waals surface area contributed by atoms with E-state index >= 15 is 0 Å². The van der Waals surface area contributed by atoms with Crippen LogP contribution in [0.25, 0.3) is 6.08 Å². The molecule has 25 heavy (non-hydrogen) atoms. The molecule has 1 heterocycles. The third-order valence-corrected chi connectivity index (χ3v) is 3.95. The first-order chi connectivity index (χ1) is 11.9. The average Bonchev–Trinajstić information content (AvgIpc) is 3.00. The van der Waals surface area contributed by atoms with Gasteiger partial charge in [0.25, 0.3) is 5.91 Å². The molecule has 0 aliphatic carbocycles. The quantitative estimate of drug-likeness (QED) is 0.659. The fourth-order valence-electron chi connectivity index (χ4n) is 2.09. The van der Waals surface area contributed by atoms with Crippen LogP contribution in [-0.2, 0) is 9.59 Å². The van der Waals surface area contributed by atoms with Crippen LogP contribution in [0, 0.1) is 11.3 Å². The lowest BCUT2D eigenvalue weighted by Gasteiger charge is -2.17. The lowest BCUT2D eigenvalue weighted by molar-refractivity contribution is -0.117. The maximum atomic E-state index is 12.0. The highest BCUT2D eigenvalue weighted by atomic mass is 32.1. The molecule has 0 unspecified atom stereocenters. The number of benzene rings is 1. The van der Waals surface area contributed by atoms with Crippen LogP contribution in [0.15, 0.2) is 41.3 Å². The third kappa shape index (κ3) is 4.75. The van der Waals surface area contributed by atoms with E-state index in [9.17, 15) is 14.9 Å². The molecule has 128 valence electrons. The first-order valence-electron chi connectivity index (χ1n) is 7.66. The summed E-state index contributed by atoms with van der Waals surface area (Å²) < 4.78 is 0. The average molecular weight is 354 g/mol. The molecule has 0 fully saturated rings. The third-order valence-electron chi connectivity index (χ3n) is 3.11. The first-order valence-corrected chi connectivity index (χ1v) is 8.54. The maximum Gasteiger partial charge on any atom is 0.262 e. The number of hydrogen-bond acceptors (Lipinski definition) is 5. The lowest BCUT2D eigenvalue weighted by Crippen LogP contribution is -2.30. The molecule has 0 saturated carbocycles. The Hall–Kier alpha value is -2.98. The van der Waals surface area contributed by atoms with E-state index in [2.05, 4.69) is 10.3 Å². The van der Waals surface area contributed by atoms with Crippen LogP contribution < -0.4 is 10.2 Å². The second-order valence-electron chi connectivity index (χ2n) is 5.54. The van der Waals surface area contributed by atoms with Gasteiger partial charge in [0.15, 0.2) is 5.13 Å². The van der Waals surface area contributed by atoms with Gasteiger partial charge in [-0.15, -0.1) is 11.3 Å². The normalized spacial score (nSPS) is 11.1. The molecule has 7 heteroatoms. The molecule has 1 aromatic carbocycles.